The molecule has 0 aromatic heterocycles. The van der Waals surface area contributed by atoms with Gasteiger partial charge in [0.2, 0.25) is 0 Å². The first-order valence-electron chi connectivity index (χ1n) is 8.95. The molecule has 130 valence electrons. The fourth-order valence-corrected chi connectivity index (χ4v) is 3.33. The summed E-state index contributed by atoms with van der Waals surface area (Å²) in [5.41, 5.74) is 6.57. The van der Waals surface area contributed by atoms with Gasteiger partial charge in [0.25, 0.3) is 0 Å². The van der Waals surface area contributed by atoms with Gasteiger partial charge in [0.05, 0.1) is 0 Å². The Morgan fingerprint density at radius 1 is 0.519 bits per heavy atom. The number of benzene rings is 4. The molecule has 4 aromatic carbocycles. The van der Waals surface area contributed by atoms with Crippen LogP contribution in [-0.4, -0.2) is 12.7 Å². The second-order valence-corrected chi connectivity index (χ2v) is 6.26. The van der Waals surface area contributed by atoms with Gasteiger partial charge in [0.1, 0.15) is 5.75 Å². The SMILES string of the molecule is OBOc1ccc(-c2ccccc2)cc1-c1ccccc1-c1ccccc1. The number of hydrogen-bond donors (Lipinski definition) is 1. The summed E-state index contributed by atoms with van der Waals surface area (Å²) in [7, 11) is -0.356. The van der Waals surface area contributed by atoms with Crippen molar-refractivity contribution >= 4 is 7.69 Å². The van der Waals surface area contributed by atoms with Crippen LogP contribution in [-0.2, 0) is 0 Å². The van der Waals surface area contributed by atoms with Crippen LogP contribution in [0.3, 0.4) is 0 Å². The quantitative estimate of drug-likeness (QED) is 0.493. The van der Waals surface area contributed by atoms with Crippen molar-refractivity contribution < 1.29 is 9.68 Å². The molecule has 0 saturated carbocycles. The van der Waals surface area contributed by atoms with Crippen molar-refractivity contribution in [2.24, 2.45) is 0 Å². The van der Waals surface area contributed by atoms with Crippen molar-refractivity contribution in [3.05, 3.63) is 103 Å². The lowest BCUT2D eigenvalue weighted by Crippen LogP contribution is -2.01. The predicted octanol–water partition coefficient (Wildman–Crippen LogP) is 5.33. The molecule has 0 radical (unpaired) electrons. The van der Waals surface area contributed by atoms with Gasteiger partial charge < -0.3 is 9.68 Å². The fraction of sp³-hybridized carbons (Fsp3) is 0. The van der Waals surface area contributed by atoms with Crippen LogP contribution in [0.15, 0.2) is 103 Å². The van der Waals surface area contributed by atoms with Gasteiger partial charge in [-0.2, -0.15) is 0 Å². The summed E-state index contributed by atoms with van der Waals surface area (Å²) in [4.78, 5) is 0. The normalized spacial score (nSPS) is 10.4. The minimum absolute atomic E-state index is 0.356. The molecule has 0 heterocycles. The van der Waals surface area contributed by atoms with E-state index in [0.29, 0.717) is 5.75 Å². The maximum atomic E-state index is 9.34. The van der Waals surface area contributed by atoms with E-state index in [4.69, 9.17) is 4.65 Å². The Labute approximate surface area is 160 Å². The maximum Gasteiger partial charge on any atom is 0.504 e. The Bertz CT molecular complexity index is 1030. The largest absolute Gasteiger partial charge is 0.538 e. The fourth-order valence-electron chi connectivity index (χ4n) is 3.33. The first-order chi connectivity index (χ1) is 13.4. The Hall–Kier alpha value is -3.30. The second kappa shape index (κ2) is 7.94. The van der Waals surface area contributed by atoms with Crippen LogP contribution in [0.1, 0.15) is 0 Å². The molecule has 4 aromatic rings. The van der Waals surface area contributed by atoms with Crippen molar-refractivity contribution in [1.29, 1.82) is 0 Å². The molecule has 0 atom stereocenters. The smallest absolute Gasteiger partial charge is 0.504 e. The maximum absolute atomic E-state index is 9.34. The van der Waals surface area contributed by atoms with Crippen LogP contribution < -0.4 is 4.65 Å². The van der Waals surface area contributed by atoms with Gasteiger partial charge in [-0.05, 0) is 39.9 Å². The number of rotatable bonds is 5. The summed E-state index contributed by atoms with van der Waals surface area (Å²) >= 11 is 0. The average Bonchev–Trinajstić information content (AvgIpc) is 2.75. The first kappa shape index (κ1) is 17.1. The molecule has 2 nitrogen and oxygen atoms in total. The molecular formula is C24H19BO2. The minimum Gasteiger partial charge on any atom is -0.538 e. The lowest BCUT2D eigenvalue weighted by Gasteiger charge is -2.16. The van der Waals surface area contributed by atoms with Crippen LogP contribution in [0.25, 0.3) is 33.4 Å². The van der Waals surface area contributed by atoms with Gasteiger partial charge in [0, 0.05) is 5.56 Å². The topological polar surface area (TPSA) is 29.5 Å². The van der Waals surface area contributed by atoms with E-state index in [0.717, 1.165) is 33.4 Å². The van der Waals surface area contributed by atoms with Gasteiger partial charge in [0.15, 0.2) is 0 Å². The van der Waals surface area contributed by atoms with Crippen molar-refractivity contribution in [3.8, 4) is 39.1 Å². The zero-order valence-corrected chi connectivity index (χ0v) is 14.9. The van der Waals surface area contributed by atoms with E-state index >= 15 is 0 Å². The van der Waals surface area contributed by atoms with E-state index in [1.54, 1.807) is 0 Å². The van der Waals surface area contributed by atoms with E-state index in [2.05, 4.69) is 42.5 Å². The van der Waals surface area contributed by atoms with Crippen LogP contribution in [0, 0.1) is 0 Å². The van der Waals surface area contributed by atoms with Crippen molar-refractivity contribution in [3.63, 3.8) is 0 Å². The lowest BCUT2D eigenvalue weighted by atomic mass is 9.92. The monoisotopic (exact) mass is 350 g/mol. The van der Waals surface area contributed by atoms with E-state index in [1.807, 2.05) is 60.7 Å². The standard InChI is InChI=1S/C24H19BO2/c26-25-27-24-16-15-20(18-9-3-1-4-10-18)17-23(24)22-14-8-7-13-21(22)19-11-5-2-6-12-19/h1-17,25-26H. The van der Waals surface area contributed by atoms with E-state index < -0.39 is 0 Å². The summed E-state index contributed by atoms with van der Waals surface area (Å²) in [5, 5.41) is 9.34. The third-order valence-corrected chi connectivity index (χ3v) is 4.61. The van der Waals surface area contributed by atoms with Gasteiger partial charge >= 0.3 is 7.69 Å². The van der Waals surface area contributed by atoms with Crippen LogP contribution in [0.2, 0.25) is 0 Å². The van der Waals surface area contributed by atoms with Gasteiger partial charge in [-0.25, -0.2) is 0 Å². The lowest BCUT2D eigenvalue weighted by molar-refractivity contribution is 0.455. The number of hydrogen-bond acceptors (Lipinski definition) is 2. The molecule has 0 bridgehead atoms. The van der Waals surface area contributed by atoms with Gasteiger partial charge in [-0.1, -0.05) is 91.0 Å². The molecule has 1 N–H and O–H groups in total. The first-order valence-corrected chi connectivity index (χ1v) is 8.95. The molecule has 3 heteroatoms. The second-order valence-electron chi connectivity index (χ2n) is 6.26. The predicted molar refractivity (Wildman–Crippen MR) is 113 cm³/mol. The van der Waals surface area contributed by atoms with Crippen molar-refractivity contribution in [2.75, 3.05) is 0 Å². The summed E-state index contributed by atoms with van der Waals surface area (Å²) in [5.74, 6) is 0.667. The van der Waals surface area contributed by atoms with Crippen LogP contribution in [0.5, 0.6) is 5.75 Å². The molecule has 0 saturated heterocycles. The van der Waals surface area contributed by atoms with Crippen molar-refractivity contribution in [2.45, 2.75) is 0 Å². The molecule has 0 unspecified atom stereocenters. The Morgan fingerprint density at radius 2 is 1.11 bits per heavy atom. The highest BCUT2D eigenvalue weighted by Gasteiger charge is 2.13. The van der Waals surface area contributed by atoms with Crippen LogP contribution in [0.4, 0.5) is 0 Å². The highest BCUT2D eigenvalue weighted by Crippen LogP contribution is 2.39. The molecule has 0 aliphatic rings. The molecular weight excluding hydrogens is 331 g/mol. The van der Waals surface area contributed by atoms with E-state index in [9.17, 15) is 5.02 Å². The molecule has 0 aliphatic heterocycles. The molecule has 0 aliphatic carbocycles. The molecule has 0 amide bonds. The van der Waals surface area contributed by atoms with Gasteiger partial charge in [-0.3, -0.25) is 0 Å². The average molecular weight is 350 g/mol. The summed E-state index contributed by atoms with van der Waals surface area (Å²) in [6, 6.07) is 34.9. The van der Waals surface area contributed by atoms with E-state index in [1.165, 1.54) is 0 Å². The minimum atomic E-state index is -0.356. The molecule has 0 fully saturated rings. The third-order valence-electron chi connectivity index (χ3n) is 4.61. The highest BCUT2D eigenvalue weighted by molar-refractivity contribution is 6.17. The zero-order valence-electron chi connectivity index (χ0n) is 14.9. The van der Waals surface area contributed by atoms with E-state index in [-0.39, 0.29) is 7.69 Å². The Balaban J connectivity index is 1.91. The molecule has 4 rings (SSSR count). The Morgan fingerprint density at radius 3 is 1.78 bits per heavy atom. The zero-order chi connectivity index (χ0) is 18.5. The molecule has 27 heavy (non-hydrogen) atoms. The summed E-state index contributed by atoms with van der Waals surface area (Å²) < 4.78 is 5.53. The van der Waals surface area contributed by atoms with Crippen LogP contribution >= 0.6 is 0 Å². The third kappa shape index (κ3) is 3.64. The summed E-state index contributed by atoms with van der Waals surface area (Å²) in [6.45, 7) is 0. The molecule has 0 spiro atoms. The van der Waals surface area contributed by atoms with Crippen molar-refractivity contribution in [1.82, 2.24) is 0 Å². The highest BCUT2D eigenvalue weighted by atomic mass is 16.5. The Kier molecular flexibility index (Phi) is 5.04. The summed E-state index contributed by atoms with van der Waals surface area (Å²) in [6.07, 6.45) is 0. The van der Waals surface area contributed by atoms with Gasteiger partial charge in [-0.15, -0.1) is 0 Å².